The maximum atomic E-state index is 13.7. The van der Waals surface area contributed by atoms with E-state index in [0.717, 1.165) is 49.3 Å². The number of amides is 1. The minimum Gasteiger partial charge on any atom is -0.371 e. The molecule has 1 aromatic heterocycles. The van der Waals surface area contributed by atoms with Gasteiger partial charge in [0.05, 0.1) is 5.69 Å². The molecule has 0 aliphatic carbocycles. The number of carbonyl (C=O) groups excluding carboxylic acids is 1. The Kier molecular flexibility index (Phi) is 5.62. The molecule has 3 aromatic rings. The van der Waals surface area contributed by atoms with Crippen LogP contribution >= 0.6 is 0 Å². The molecule has 0 radical (unpaired) electrons. The Morgan fingerprint density at radius 2 is 1.81 bits per heavy atom. The van der Waals surface area contributed by atoms with Gasteiger partial charge in [0.15, 0.2) is 11.4 Å². The minimum absolute atomic E-state index is 0.0373. The molecule has 1 saturated heterocycles. The average molecular weight is 433 g/mol. The summed E-state index contributed by atoms with van der Waals surface area (Å²) in [4.78, 5) is 14.8. The van der Waals surface area contributed by atoms with E-state index >= 15 is 0 Å². The van der Waals surface area contributed by atoms with Crippen molar-refractivity contribution in [2.75, 3.05) is 18.0 Å². The van der Waals surface area contributed by atoms with Crippen LogP contribution in [0.15, 0.2) is 48.5 Å². The van der Waals surface area contributed by atoms with Crippen molar-refractivity contribution < 1.29 is 22.4 Å². The van der Waals surface area contributed by atoms with Gasteiger partial charge in [0.25, 0.3) is 5.91 Å². The van der Waals surface area contributed by atoms with Gasteiger partial charge in [0.1, 0.15) is 5.82 Å². The van der Waals surface area contributed by atoms with Crippen LogP contribution < -0.4 is 10.2 Å². The average Bonchev–Trinajstić information content (AvgIpc) is 3.42. The number of nitrogens with zero attached hydrogens (tertiary/aromatic N) is 4. The standard InChI is InChI=1S/C21H19F4N5O/c22-15-7-5-8-16(12-15)30-19(21(23,24)25)18(27-28-30)20(31)26-13-14-6-1-2-9-17(14)29-10-3-4-11-29/h1-2,5-9,12H,3-4,10-11,13H2,(H,26,31). The van der Waals surface area contributed by atoms with Crippen molar-refractivity contribution in [3.8, 4) is 5.69 Å². The van der Waals surface area contributed by atoms with Gasteiger partial charge in [-0.25, -0.2) is 9.07 Å². The Hall–Kier alpha value is -3.43. The Bertz CT molecular complexity index is 1090. The maximum absolute atomic E-state index is 13.7. The first-order chi connectivity index (χ1) is 14.8. The summed E-state index contributed by atoms with van der Waals surface area (Å²) in [5.74, 6) is -1.74. The van der Waals surface area contributed by atoms with E-state index in [2.05, 4.69) is 20.5 Å². The van der Waals surface area contributed by atoms with Crippen molar-refractivity contribution >= 4 is 11.6 Å². The number of hydrogen-bond donors (Lipinski definition) is 1. The summed E-state index contributed by atoms with van der Waals surface area (Å²) in [6.07, 6.45) is -2.78. The fraction of sp³-hybridized carbons (Fsp3) is 0.286. The minimum atomic E-state index is -4.92. The molecule has 0 saturated carbocycles. The van der Waals surface area contributed by atoms with E-state index in [-0.39, 0.29) is 12.2 Å². The second-order valence-corrected chi connectivity index (χ2v) is 7.18. The summed E-state index contributed by atoms with van der Waals surface area (Å²) in [5, 5.41) is 9.42. The van der Waals surface area contributed by atoms with Crippen LogP contribution in [0, 0.1) is 5.82 Å². The van der Waals surface area contributed by atoms with Crippen LogP contribution in [-0.4, -0.2) is 34.0 Å². The van der Waals surface area contributed by atoms with Crippen LogP contribution in [-0.2, 0) is 12.7 Å². The van der Waals surface area contributed by atoms with E-state index in [9.17, 15) is 22.4 Å². The lowest BCUT2D eigenvalue weighted by atomic mass is 10.1. The number of para-hydroxylation sites is 1. The molecular weight excluding hydrogens is 414 g/mol. The second-order valence-electron chi connectivity index (χ2n) is 7.18. The first kappa shape index (κ1) is 20.8. The quantitative estimate of drug-likeness (QED) is 0.619. The lowest BCUT2D eigenvalue weighted by Gasteiger charge is -2.21. The number of hydrogen-bond acceptors (Lipinski definition) is 4. The molecule has 0 unspecified atom stereocenters. The van der Waals surface area contributed by atoms with E-state index < -0.39 is 29.3 Å². The molecule has 0 bridgehead atoms. The van der Waals surface area contributed by atoms with Crippen molar-refractivity contribution in [1.29, 1.82) is 0 Å². The van der Waals surface area contributed by atoms with Gasteiger partial charge in [-0.05, 0) is 42.7 Å². The van der Waals surface area contributed by atoms with Crippen LogP contribution in [0.5, 0.6) is 0 Å². The molecule has 1 fully saturated rings. The zero-order valence-electron chi connectivity index (χ0n) is 16.4. The SMILES string of the molecule is O=C(NCc1ccccc1N1CCCC1)c1nnn(-c2cccc(F)c2)c1C(F)(F)F. The molecule has 1 amide bonds. The predicted octanol–water partition coefficient (Wildman–Crippen LogP) is 3.96. The molecule has 0 spiro atoms. The Morgan fingerprint density at radius 3 is 2.52 bits per heavy atom. The fourth-order valence-electron chi connectivity index (χ4n) is 3.66. The molecule has 162 valence electrons. The first-order valence-electron chi connectivity index (χ1n) is 9.74. The van der Waals surface area contributed by atoms with E-state index in [1.165, 1.54) is 12.1 Å². The largest absolute Gasteiger partial charge is 0.435 e. The molecule has 1 aliphatic heterocycles. The summed E-state index contributed by atoms with van der Waals surface area (Å²) in [7, 11) is 0. The molecular formula is C21H19F4N5O. The van der Waals surface area contributed by atoms with Gasteiger partial charge < -0.3 is 10.2 Å². The van der Waals surface area contributed by atoms with E-state index in [1.54, 1.807) is 0 Å². The maximum Gasteiger partial charge on any atom is 0.435 e. The molecule has 31 heavy (non-hydrogen) atoms. The summed E-state index contributed by atoms with van der Waals surface area (Å²) < 4.78 is 55.1. The molecule has 1 N–H and O–H groups in total. The van der Waals surface area contributed by atoms with Crippen molar-refractivity contribution in [2.24, 2.45) is 0 Å². The lowest BCUT2D eigenvalue weighted by molar-refractivity contribution is -0.143. The highest BCUT2D eigenvalue weighted by molar-refractivity contribution is 5.93. The monoisotopic (exact) mass is 433 g/mol. The van der Waals surface area contributed by atoms with Gasteiger partial charge in [-0.3, -0.25) is 4.79 Å². The predicted molar refractivity (Wildman–Crippen MR) is 105 cm³/mol. The van der Waals surface area contributed by atoms with Crippen LogP contribution in [0.3, 0.4) is 0 Å². The topological polar surface area (TPSA) is 63.1 Å². The van der Waals surface area contributed by atoms with Gasteiger partial charge in [0, 0.05) is 25.3 Å². The summed E-state index contributed by atoms with van der Waals surface area (Å²) in [5.41, 5.74) is -0.666. The van der Waals surface area contributed by atoms with Gasteiger partial charge in [-0.1, -0.05) is 29.5 Å². The number of anilines is 1. The molecule has 2 heterocycles. The highest BCUT2D eigenvalue weighted by Gasteiger charge is 2.42. The van der Waals surface area contributed by atoms with Crippen molar-refractivity contribution in [3.05, 3.63) is 71.3 Å². The van der Waals surface area contributed by atoms with Crippen LogP contribution in [0.1, 0.15) is 34.6 Å². The van der Waals surface area contributed by atoms with Gasteiger partial charge in [-0.15, -0.1) is 5.10 Å². The highest BCUT2D eigenvalue weighted by atomic mass is 19.4. The molecule has 10 heteroatoms. The van der Waals surface area contributed by atoms with E-state index in [1.807, 2.05) is 24.3 Å². The number of benzene rings is 2. The number of aromatic nitrogens is 3. The number of carbonyl (C=O) groups is 1. The fourth-order valence-corrected chi connectivity index (χ4v) is 3.66. The third kappa shape index (κ3) is 4.37. The molecule has 4 rings (SSSR count). The summed E-state index contributed by atoms with van der Waals surface area (Å²) in [6, 6.07) is 11.9. The third-order valence-electron chi connectivity index (χ3n) is 5.08. The second kappa shape index (κ2) is 8.37. The molecule has 1 aliphatic rings. The number of halogens is 4. The Labute approximate surface area is 175 Å². The third-order valence-corrected chi connectivity index (χ3v) is 5.08. The van der Waals surface area contributed by atoms with Crippen molar-refractivity contribution in [1.82, 2.24) is 20.3 Å². The zero-order valence-corrected chi connectivity index (χ0v) is 16.4. The van der Waals surface area contributed by atoms with Crippen LogP contribution in [0.25, 0.3) is 5.69 Å². The first-order valence-corrected chi connectivity index (χ1v) is 9.74. The van der Waals surface area contributed by atoms with Crippen molar-refractivity contribution in [3.63, 3.8) is 0 Å². The van der Waals surface area contributed by atoms with Gasteiger partial charge >= 0.3 is 6.18 Å². The van der Waals surface area contributed by atoms with E-state index in [0.29, 0.717) is 4.68 Å². The summed E-state index contributed by atoms with van der Waals surface area (Å²) >= 11 is 0. The Balaban J connectivity index is 1.60. The molecule has 0 atom stereocenters. The normalized spacial score (nSPS) is 14.1. The van der Waals surface area contributed by atoms with Crippen molar-refractivity contribution in [2.45, 2.75) is 25.6 Å². The number of rotatable bonds is 5. The van der Waals surface area contributed by atoms with Gasteiger partial charge in [-0.2, -0.15) is 13.2 Å². The molecule has 2 aromatic carbocycles. The van der Waals surface area contributed by atoms with E-state index in [4.69, 9.17) is 0 Å². The number of nitrogens with one attached hydrogen (secondary N) is 1. The van der Waals surface area contributed by atoms with Gasteiger partial charge in [0.2, 0.25) is 0 Å². The lowest BCUT2D eigenvalue weighted by Crippen LogP contribution is -2.28. The number of alkyl halides is 3. The smallest absolute Gasteiger partial charge is 0.371 e. The van der Waals surface area contributed by atoms with Crippen LogP contribution in [0.4, 0.5) is 23.2 Å². The molecule has 6 nitrogen and oxygen atoms in total. The summed E-state index contributed by atoms with van der Waals surface area (Å²) in [6.45, 7) is 1.83. The van der Waals surface area contributed by atoms with Crippen LogP contribution in [0.2, 0.25) is 0 Å². The highest BCUT2D eigenvalue weighted by Crippen LogP contribution is 2.33. The zero-order chi connectivity index (χ0) is 22.0. The Morgan fingerprint density at radius 1 is 1.06 bits per heavy atom.